The molecule has 0 atom stereocenters. The first-order valence-corrected chi connectivity index (χ1v) is 8.74. The molecule has 0 aliphatic heterocycles. The Morgan fingerprint density at radius 1 is 1.30 bits per heavy atom. The molecule has 0 unspecified atom stereocenters. The molecule has 1 fully saturated rings. The van der Waals surface area contributed by atoms with Crippen molar-refractivity contribution in [1.82, 2.24) is 4.72 Å². The van der Waals surface area contributed by atoms with Crippen molar-refractivity contribution in [3.8, 4) is 0 Å². The Labute approximate surface area is 129 Å². The Hall–Kier alpha value is -0.330. The molecule has 4 nitrogen and oxygen atoms in total. The summed E-state index contributed by atoms with van der Waals surface area (Å²) in [5.74, 6) is 0. The minimum Gasteiger partial charge on any atom is -0.326 e. The summed E-state index contributed by atoms with van der Waals surface area (Å²) in [7, 11) is -3.68. The van der Waals surface area contributed by atoms with Gasteiger partial charge in [0.15, 0.2) is 0 Å². The normalized spacial score (nSPS) is 18.4. The zero-order valence-corrected chi connectivity index (χ0v) is 13.6. The number of benzene rings is 1. The molecular weight excluding hydrogens is 319 g/mol. The van der Waals surface area contributed by atoms with Gasteiger partial charge >= 0.3 is 0 Å². The lowest BCUT2D eigenvalue weighted by Gasteiger charge is -2.25. The molecule has 112 valence electrons. The maximum absolute atomic E-state index is 12.5. The maximum Gasteiger partial charge on any atom is 0.242 e. The molecule has 0 heterocycles. The summed E-state index contributed by atoms with van der Waals surface area (Å²) in [5, 5.41) is 0.484. The van der Waals surface area contributed by atoms with Crippen molar-refractivity contribution in [2.75, 3.05) is 0 Å². The smallest absolute Gasteiger partial charge is 0.242 e. The molecule has 3 N–H and O–H groups in total. The highest BCUT2D eigenvalue weighted by atomic mass is 35.5. The highest BCUT2D eigenvalue weighted by Gasteiger charge is 2.34. The molecule has 0 spiro atoms. The number of nitrogens with one attached hydrogen (secondary N) is 1. The molecule has 1 aromatic carbocycles. The predicted molar refractivity (Wildman–Crippen MR) is 81.5 cm³/mol. The zero-order valence-electron chi connectivity index (χ0n) is 11.2. The molecule has 1 aliphatic carbocycles. The molecule has 0 bridgehead atoms. The van der Waals surface area contributed by atoms with Crippen LogP contribution < -0.4 is 10.5 Å². The van der Waals surface area contributed by atoms with Gasteiger partial charge in [0, 0.05) is 22.7 Å². The third-order valence-electron chi connectivity index (χ3n) is 3.73. The van der Waals surface area contributed by atoms with E-state index in [1.807, 2.05) is 6.92 Å². The number of hydrogen-bond acceptors (Lipinski definition) is 3. The summed E-state index contributed by atoms with van der Waals surface area (Å²) in [6, 6.07) is 2.94. The Balaban J connectivity index is 2.40. The number of hydrogen-bond donors (Lipinski definition) is 2. The van der Waals surface area contributed by atoms with Crippen LogP contribution in [-0.2, 0) is 16.6 Å². The van der Waals surface area contributed by atoms with Gasteiger partial charge in [0.25, 0.3) is 0 Å². The van der Waals surface area contributed by atoms with Gasteiger partial charge in [-0.05, 0) is 31.9 Å². The van der Waals surface area contributed by atoms with E-state index in [4.69, 9.17) is 28.9 Å². The lowest BCUT2D eigenvalue weighted by atomic mass is 10.0. The summed E-state index contributed by atoms with van der Waals surface area (Å²) in [6.45, 7) is 2.02. The summed E-state index contributed by atoms with van der Waals surface area (Å²) in [5.41, 5.74) is 5.62. The van der Waals surface area contributed by atoms with Crippen LogP contribution in [0.5, 0.6) is 0 Å². The second-order valence-electron chi connectivity index (χ2n) is 5.42. The fourth-order valence-electron chi connectivity index (χ4n) is 2.61. The van der Waals surface area contributed by atoms with Gasteiger partial charge in [0.1, 0.15) is 4.90 Å². The summed E-state index contributed by atoms with van der Waals surface area (Å²) < 4.78 is 27.8. The first-order chi connectivity index (χ1) is 9.29. The largest absolute Gasteiger partial charge is 0.326 e. The van der Waals surface area contributed by atoms with Crippen molar-refractivity contribution in [3.05, 3.63) is 27.7 Å². The van der Waals surface area contributed by atoms with E-state index in [-0.39, 0.29) is 16.5 Å². The third-order valence-corrected chi connectivity index (χ3v) is 6.31. The molecule has 1 aliphatic rings. The first-order valence-electron chi connectivity index (χ1n) is 6.50. The van der Waals surface area contributed by atoms with Gasteiger partial charge < -0.3 is 5.73 Å². The second kappa shape index (κ2) is 5.81. The molecule has 20 heavy (non-hydrogen) atoms. The minimum absolute atomic E-state index is 0.0390. The summed E-state index contributed by atoms with van der Waals surface area (Å²) in [6.07, 6.45) is 3.73. The first kappa shape index (κ1) is 16.0. The fraction of sp³-hybridized carbons (Fsp3) is 0.538. The predicted octanol–water partition coefficient (Wildman–Crippen LogP) is 3.06. The highest BCUT2D eigenvalue weighted by molar-refractivity contribution is 7.89. The molecule has 1 saturated carbocycles. The van der Waals surface area contributed by atoms with E-state index in [9.17, 15) is 8.42 Å². The summed E-state index contributed by atoms with van der Waals surface area (Å²) in [4.78, 5) is 0.0390. The van der Waals surface area contributed by atoms with Crippen LogP contribution in [0.15, 0.2) is 17.0 Å². The van der Waals surface area contributed by atoms with E-state index in [1.165, 1.54) is 12.1 Å². The Bertz CT molecular complexity index is 611. The van der Waals surface area contributed by atoms with Crippen molar-refractivity contribution in [2.24, 2.45) is 5.73 Å². The van der Waals surface area contributed by atoms with E-state index in [0.29, 0.717) is 10.6 Å². The van der Waals surface area contributed by atoms with Crippen LogP contribution >= 0.6 is 23.2 Å². The average molecular weight is 337 g/mol. The summed E-state index contributed by atoms with van der Waals surface area (Å²) >= 11 is 12.1. The lowest BCUT2D eigenvalue weighted by molar-refractivity contribution is 0.427. The molecule has 0 radical (unpaired) electrons. The number of nitrogens with two attached hydrogens (primary N) is 1. The monoisotopic (exact) mass is 336 g/mol. The van der Waals surface area contributed by atoms with Crippen LogP contribution in [0.4, 0.5) is 0 Å². The van der Waals surface area contributed by atoms with Gasteiger partial charge in [-0.3, -0.25) is 0 Å². The van der Waals surface area contributed by atoms with E-state index in [1.54, 1.807) is 0 Å². The van der Waals surface area contributed by atoms with Crippen LogP contribution in [0.25, 0.3) is 0 Å². The molecule has 0 amide bonds. The van der Waals surface area contributed by atoms with Gasteiger partial charge in [0.2, 0.25) is 10.0 Å². The number of halogens is 2. The van der Waals surface area contributed by atoms with Crippen molar-refractivity contribution < 1.29 is 8.42 Å². The van der Waals surface area contributed by atoms with E-state index in [2.05, 4.69) is 4.72 Å². The third kappa shape index (κ3) is 3.12. The molecule has 7 heteroatoms. The maximum atomic E-state index is 12.5. The minimum atomic E-state index is -3.68. The lowest BCUT2D eigenvalue weighted by Crippen LogP contribution is -2.43. The van der Waals surface area contributed by atoms with Crippen LogP contribution in [0, 0.1) is 0 Å². The SMILES string of the molecule is CC1(NS(=O)(=O)c2ccc(Cl)c(CN)c2Cl)CCCC1. The Morgan fingerprint density at radius 3 is 2.45 bits per heavy atom. The second-order valence-corrected chi connectivity index (χ2v) is 7.85. The Morgan fingerprint density at radius 2 is 1.90 bits per heavy atom. The van der Waals surface area contributed by atoms with Crippen LogP contribution in [-0.4, -0.2) is 14.0 Å². The van der Waals surface area contributed by atoms with Crippen molar-refractivity contribution in [2.45, 2.75) is 49.6 Å². The molecular formula is C13H18Cl2N2O2S. The van der Waals surface area contributed by atoms with Gasteiger partial charge in [-0.2, -0.15) is 0 Å². The van der Waals surface area contributed by atoms with Gasteiger partial charge in [-0.15, -0.1) is 0 Å². The van der Waals surface area contributed by atoms with E-state index in [0.717, 1.165) is 25.7 Å². The van der Waals surface area contributed by atoms with Gasteiger partial charge in [-0.25, -0.2) is 13.1 Å². The Kier molecular flexibility index (Phi) is 4.66. The van der Waals surface area contributed by atoms with E-state index < -0.39 is 15.6 Å². The quantitative estimate of drug-likeness (QED) is 0.887. The van der Waals surface area contributed by atoms with Gasteiger partial charge in [0.05, 0.1) is 5.02 Å². The standard InChI is InChI=1S/C13H18Cl2N2O2S/c1-13(6-2-3-7-13)17-20(18,19)11-5-4-10(14)9(8-16)12(11)15/h4-5,17H,2-3,6-8,16H2,1H3. The zero-order chi connectivity index (χ0) is 15.0. The van der Waals surface area contributed by atoms with Crippen LogP contribution in [0.1, 0.15) is 38.2 Å². The molecule has 1 aromatic rings. The van der Waals surface area contributed by atoms with E-state index >= 15 is 0 Å². The average Bonchev–Trinajstić information content (AvgIpc) is 2.74. The number of rotatable bonds is 4. The van der Waals surface area contributed by atoms with Crippen molar-refractivity contribution in [3.63, 3.8) is 0 Å². The fourth-order valence-corrected chi connectivity index (χ4v) is 5.01. The van der Waals surface area contributed by atoms with Gasteiger partial charge in [-0.1, -0.05) is 36.0 Å². The topological polar surface area (TPSA) is 72.2 Å². The molecule has 0 saturated heterocycles. The molecule has 2 rings (SSSR count). The van der Waals surface area contributed by atoms with Crippen molar-refractivity contribution in [1.29, 1.82) is 0 Å². The van der Waals surface area contributed by atoms with Crippen molar-refractivity contribution >= 4 is 33.2 Å². The molecule has 0 aromatic heterocycles. The van der Waals surface area contributed by atoms with Crippen LogP contribution in [0.2, 0.25) is 10.0 Å². The highest BCUT2D eigenvalue weighted by Crippen LogP contribution is 2.34. The number of sulfonamides is 1. The van der Waals surface area contributed by atoms with Crippen LogP contribution in [0.3, 0.4) is 0 Å².